The molecule has 118 valence electrons. The summed E-state index contributed by atoms with van der Waals surface area (Å²) in [7, 11) is 0. The number of benzene rings is 2. The standard InChI is InChI=1S/C20H15NO3/c21-14-19(11-12-19)20(24,17-7-2-1-3-8-17)10-9-15-5-4-6-16(13-15)18(22)23/h1-8,13,24H,11-12H2,(H,22,23)/t20-/m1/s1. The lowest BCUT2D eigenvalue weighted by molar-refractivity contribution is 0.0456. The first-order valence-electron chi connectivity index (χ1n) is 7.56. The molecule has 2 N–H and O–H groups in total. The van der Waals surface area contributed by atoms with Gasteiger partial charge in [-0.25, -0.2) is 4.79 Å². The van der Waals surface area contributed by atoms with E-state index < -0.39 is 17.0 Å². The highest BCUT2D eigenvalue weighted by atomic mass is 16.4. The van der Waals surface area contributed by atoms with E-state index in [2.05, 4.69) is 17.9 Å². The van der Waals surface area contributed by atoms with E-state index in [-0.39, 0.29) is 5.56 Å². The zero-order valence-electron chi connectivity index (χ0n) is 12.9. The molecular weight excluding hydrogens is 302 g/mol. The third-order valence-electron chi connectivity index (χ3n) is 4.35. The molecule has 1 fully saturated rings. The smallest absolute Gasteiger partial charge is 0.335 e. The maximum absolute atomic E-state index is 11.2. The molecule has 1 aliphatic carbocycles. The molecule has 0 radical (unpaired) electrons. The Morgan fingerprint density at radius 1 is 1.12 bits per heavy atom. The second-order valence-electron chi connectivity index (χ2n) is 5.91. The lowest BCUT2D eigenvalue weighted by atomic mass is 9.79. The predicted octanol–water partition coefficient (Wildman–Crippen LogP) is 2.93. The van der Waals surface area contributed by atoms with Crippen molar-refractivity contribution in [3.8, 4) is 17.9 Å². The number of hydrogen-bond donors (Lipinski definition) is 2. The summed E-state index contributed by atoms with van der Waals surface area (Å²) < 4.78 is 0. The monoisotopic (exact) mass is 317 g/mol. The highest BCUT2D eigenvalue weighted by Crippen LogP contribution is 2.57. The zero-order chi connectivity index (χ0) is 17.2. The van der Waals surface area contributed by atoms with Gasteiger partial charge in [0.2, 0.25) is 0 Å². The first-order chi connectivity index (χ1) is 11.5. The molecule has 3 rings (SSSR count). The molecule has 0 heterocycles. The van der Waals surface area contributed by atoms with Gasteiger partial charge in [-0.1, -0.05) is 48.2 Å². The Hall–Kier alpha value is -3.08. The van der Waals surface area contributed by atoms with Crippen molar-refractivity contribution < 1.29 is 15.0 Å². The minimum atomic E-state index is -1.58. The Balaban J connectivity index is 2.06. The van der Waals surface area contributed by atoms with Crippen LogP contribution in [0.3, 0.4) is 0 Å². The molecule has 0 bridgehead atoms. The largest absolute Gasteiger partial charge is 0.478 e. The third kappa shape index (κ3) is 2.65. The quantitative estimate of drug-likeness (QED) is 0.853. The fourth-order valence-electron chi connectivity index (χ4n) is 2.72. The topological polar surface area (TPSA) is 81.3 Å². The van der Waals surface area contributed by atoms with Gasteiger partial charge in [0.25, 0.3) is 0 Å². The Labute approximate surface area is 140 Å². The molecule has 1 aliphatic rings. The molecule has 0 aromatic heterocycles. The Kier molecular flexibility index (Phi) is 3.85. The van der Waals surface area contributed by atoms with Crippen LogP contribution in [0.2, 0.25) is 0 Å². The molecule has 1 atom stereocenters. The summed E-state index contributed by atoms with van der Waals surface area (Å²) in [6.45, 7) is 0. The summed E-state index contributed by atoms with van der Waals surface area (Å²) in [5, 5.41) is 29.8. The van der Waals surface area contributed by atoms with Crippen molar-refractivity contribution in [2.45, 2.75) is 18.4 Å². The van der Waals surface area contributed by atoms with Gasteiger partial charge in [-0.2, -0.15) is 5.26 Å². The maximum atomic E-state index is 11.2. The summed E-state index contributed by atoms with van der Waals surface area (Å²) in [5.74, 6) is 4.65. The van der Waals surface area contributed by atoms with Crippen LogP contribution >= 0.6 is 0 Å². The summed E-state index contributed by atoms with van der Waals surface area (Å²) in [6.07, 6.45) is 1.16. The van der Waals surface area contributed by atoms with Gasteiger partial charge in [-0.15, -0.1) is 0 Å². The second-order valence-corrected chi connectivity index (χ2v) is 5.91. The fraction of sp³-hybridized carbons (Fsp3) is 0.200. The van der Waals surface area contributed by atoms with Crippen molar-refractivity contribution in [2.75, 3.05) is 0 Å². The first-order valence-corrected chi connectivity index (χ1v) is 7.56. The summed E-state index contributed by atoms with van der Waals surface area (Å²) in [4.78, 5) is 11.1. The minimum Gasteiger partial charge on any atom is -0.478 e. The van der Waals surface area contributed by atoms with Crippen LogP contribution in [-0.4, -0.2) is 16.2 Å². The van der Waals surface area contributed by atoms with Crippen LogP contribution < -0.4 is 0 Å². The van der Waals surface area contributed by atoms with Gasteiger partial charge in [-0.3, -0.25) is 0 Å². The molecule has 4 nitrogen and oxygen atoms in total. The number of carbonyl (C=O) groups is 1. The number of nitriles is 1. The van der Waals surface area contributed by atoms with Crippen molar-refractivity contribution in [1.82, 2.24) is 0 Å². The van der Waals surface area contributed by atoms with Crippen molar-refractivity contribution in [3.05, 3.63) is 71.3 Å². The molecule has 0 aliphatic heterocycles. The normalized spacial score (nSPS) is 16.8. The first kappa shape index (κ1) is 15.8. The van der Waals surface area contributed by atoms with E-state index in [1.165, 1.54) is 12.1 Å². The minimum absolute atomic E-state index is 0.131. The van der Waals surface area contributed by atoms with Gasteiger partial charge in [-0.05, 0) is 36.6 Å². The molecule has 0 saturated heterocycles. The van der Waals surface area contributed by atoms with Gasteiger partial charge in [0.15, 0.2) is 5.60 Å². The number of nitrogens with zero attached hydrogens (tertiary/aromatic N) is 1. The number of carboxylic acids is 1. The van der Waals surface area contributed by atoms with Crippen LogP contribution in [0.1, 0.15) is 34.3 Å². The average Bonchev–Trinajstić information content (AvgIpc) is 3.42. The molecular formula is C20H15NO3. The number of aromatic carboxylic acids is 1. The number of carboxylic acid groups (broad SMARTS) is 1. The van der Waals surface area contributed by atoms with Crippen molar-refractivity contribution in [3.63, 3.8) is 0 Å². The zero-order valence-corrected chi connectivity index (χ0v) is 12.9. The van der Waals surface area contributed by atoms with Gasteiger partial charge in [0.1, 0.15) is 5.41 Å². The lowest BCUT2D eigenvalue weighted by Gasteiger charge is -2.27. The molecule has 2 aromatic carbocycles. The number of aliphatic hydroxyl groups is 1. The average molecular weight is 317 g/mol. The molecule has 0 amide bonds. The molecule has 2 aromatic rings. The van der Waals surface area contributed by atoms with E-state index >= 15 is 0 Å². The molecule has 0 spiro atoms. The van der Waals surface area contributed by atoms with Gasteiger partial charge in [0, 0.05) is 5.56 Å². The van der Waals surface area contributed by atoms with E-state index in [4.69, 9.17) is 5.11 Å². The van der Waals surface area contributed by atoms with Crippen molar-refractivity contribution >= 4 is 5.97 Å². The Morgan fingerprint density at radius 3 is 2.42 bits per heavy atom. The second kappa shape index (κ2) is 5.85. The molecule has 4 heteroatoms. The highest BCUT2D eigenvalue weighted by Gasteiger charge is 2.60. The Bertz CT molecular complexity index is 882. The van der Waals surface area contributed by atoms with E-state index in [1.54, 1.807) is 36.4 Å². The van der Waals surface area contributed by atoms with Crippen molar-refractivity contribution in [1.29, 1.82) is 5.26 Å². The highest BCUT2D eigenvalue weighted by molar-refractivity contribution is 5.88. The van der Waals surface area contributed by atoms with Crippen LogP contribution in [-0.2, 0) is 5.60 Å². The summed E-state index contributed by atoms with van der Waals surface area (Å²) in [5.41, 5.74) is -1.30. The van der Waals surface area contributed by atoms with E-state index in [0.717, 1.165) is 0 Å². The van der Waals surface area contributed by atoms with E-state index in [9.17, 15) is 15.2 Å². The number of rotatable bonds is 3. The van der Waals surface area contributed by atoms with Crippen LogP contribution in [0.15, 0.2) is 54.6 Å². The van der Waals surface area contributed by atoms with Crippen LogP contribution in [0, 0.1) is 28.6 Å². The van der Waals surface area contributed by atoms with Gasteiger partial charge < -0.3 is 10.2 Å². The van der Waals surface area contributed by atoms with Crippen LogP contribution in [0.5, 0.6) is 0 Å². The molecule has 1 saturated carbocycles. The number of hydrogen-bond acceptors (Lipinski definition) is 3. The third-order valence-corrected chi connectivity index (χ3v) is 4.35. The van der Waals surface area contributed by atoms with Crippen LogP contribution in [0.4, 0.5) is 0 Å². The SMILES string of the molecule is N#CC1([C@@](O)(C#Cc2cccc(C(=O)O)c2)c2ccccc2)CC1. The fourth-order valence-corrected chi connectivity index (χ4v) is 2.72. The van der Waals surface area contributed by atoms with Gasteiger partial charge in [0.05, 0.1) is 11.6 Å². The summed E-state index contributed by atoms with van der Waals surface area (Å²) >= 11 is 0. The predicted molar refractivity (Wildman–Crippen MR) is 87.9 cm³/mol. The molecule has 0 unspecified atom stereocenters. The molecule has 24 heavy (non-hydrogen) atoms. The lowest BCUT2D eigenvalue weighted by Crippen LogP contribution is -2.34. The summed E-state index contributed by atoms with van der Waals surface area (Å²) in [6, 6.07) is 17.3. The van der Waals surface area contributed by atoms with E-state index in [1.807, 2.05) is 6.07 Å². The van der Waals surface area contributed by atoms with Crippen molar-refractivity contribution in [2.24, 2.45) is 5.41 Å². The Morgan fingerprint density at radius 2 is 1.83 bits per heavy atom. The maximum Gasteiger partial charge on any atom is 0.335 e. The van der Waals surface area contributed by atoms with Crippen LogP contribution in [0.25, 0.3) is 0 Å². The van der Waals surface area contributed by atoms with E-state index in [0.29, 0.717) is 24.0 Å². The van der Waals surface area contributed by atoms with Gasteiger partial charge >= 0.3 is 5.97 Å².